The van der Waals surface area contributed by atoms with Gasteiger partial charge in [0.05, 0.1) is 0 Å². The fourth-order valence-corrected chi connectivity index (χ4v) is 0.940. The second kappa shape index (κ2) is 4.16. The van der Waals surface area contributed by atoms with Crippen molar-refractivity contribution in [1.82, 2.24) is 5.14 Å². The minimum atomic E-state index is -0.0675. The molecule has 12 heavy (non-hydrogen) atoms. The van der Waals surface area contributed by atoms with Crippen LogP contribution in [0.5, 0.6) is 0 Å². The van der Waals surface area contributed by atoms with Crippen LogP contribution < -0.4 is 14.5 Å². The first-order valence-corrected chi connectivity index (χ1v) is 3.83. The highest BCUT2D eigenvalue weighted by Gasteiger charge is 1.95. The molecule has 66 valence electrons. The lowest BCUT2D eigenvalue weighted by atomic mass is 10.1. The maximum absolute atomic E-state index is 3.46. The van der Waals surface area contributed by atoms with E-state index in [4.69, 9.17) is 0 Å². The minimum Gasteiger partial charge on any atom is -0.619 e. The third-order valence-electron chi connectivity index (χ3n) is 1.74. The molecule has 0 aliphatic rings. The molecule has 0 aliphatic carbocycles. The van der Waals surface area contributed by atoms with E-state index in [1.165, 1.54) is 5.69 Å². The lowest BCUT2D eigenvalue weighted by Gasteiger charge is -2.12. The van der Waals surface area contributed by atoms with Gasteiger partial charge < -0.3 is 14.5 Å². The topological polar surface area (TPSA) is 19.1 Å². The van der Waals surface area contributed by atoms with E-state index in [0.29, 0.717) is 7.98 Å². The smallest absolute Gasteiger partial charge is 0.285 e. The fraction of sp³-hybridized carbons (Fsp3) is 0.286. The van der Waals surface area contributed by atoms with E-state index in [-0.39, 0.29) is 7.55 Å². The Morgan fingerprint density at radius 3 is 2.42 bits per heavy atom. The Hall–Kier alpha value is -0.960. The molecule has 1 rings (SSSR count). The normalized spacial score (nSPS) is 9.92. The zero-order valence-electron chi connectivity index (χ0n) is 7.20. The molecular formula is C7H16B2N3-. The van der Waals surface area contributed by atoms with Crippen molar-refractivity contribution in [2.45, 2.75) is 0 Å². The molecular weight excluding hydrogens is 148 g/mol. The third-order valence-corrected chi connectivity index (χ3v) is 1.74. The Morgan fingerprint density at radius 2 is 2.00 bits per heavy atom. The van der Waals surface area contributed by atoms with Crippen LogP contribution in [0, 0.1) is 0 Å². The molecule has 0 aromatic carbocycles. The standard InChI is InChI=1S/C7H16B2N3/c1-11(2)7-3-5-12(6-4-7)9-10-8/h3-6,10H,9H2,1-2,8H3/q-1. The molecule has 0 atom stereocenters. The van der Waals surface area contributed by atoms with Crippen molar-refractivity contribution >= 4 is 21.2 Å². The van der Waals surface area contributed by atoms with Gasteiger partial charge in [-0.1, -0.05) is 0 Å². The lowest BCUT2D eigenvalue weighted by molar-refractivity contribution is -0.530. The predicted octanol–water partition coefficient (Wildman–Crippen LogP) is -2.24. The number of pyridine rings is 1. The van der Waals surface area contributed by atoms with E-state index in [2.05, 4.69) is 53.1 Å². The molecule has 1 aromatic rings. The van der Waals surface area contributed by atoms with E-state index in [9.17, 15) is 0 Å². The van der Waals surface area contributed by atoms with E-state index in [1.807, 2.05) is 0 Å². The zero-order chi connectivity index (χ0) is 8.97. The van der Waals surface area contributed by atoms with E-state index in [1.54, 1.807) is 0 Å². The van der Waals surface area contributed by atoms with Crippen molar-refractivity contribution in [1.29, 1.82) is 0 Å². The van der Waals surface area contributed by atoms with Crippen LogP contribution in [0.1, 0.15) is 0 Å². The summed E-state index contributed by atoms with van der Waals surface area (Å²) >= 11 is 0. The summed E-state index contributed by atoms with van der Waals surface area (Å²) in [6, 6.07) is 4.31. The van der Waals surface area contributed by atoms with Crippen LogP contribution in [-0.4, -0.2) is 29.6 Å². The van der Waals surface area contributed by atoms with Crippen LogP contribution in [0.15, 0.2) is 24.5 Å². The van der Waals surface area contributed by atoms with Crippen LogP contribution in [-0.2, 0) is 0 Å². The van der Waals surface area contributed by atoms with Gasteiger partial charge >= 0.3 is 0 Å². The summed E-state index contributed by atoms with van der Waals surface area (Å²) in [7, 11) is 4.43. The molecule has 0 radical (unpaired) electrons. The SMILES string of the molecule is [BH3-]N[BH2-][n+]1ccc(N(C)C)cc1. The lowest BCUT2D eigenvalue weighted by Crippen LogP contribution is -2.47. The van der Waals surface area contributed by atoms with Gasteiger partial charge in [0, 0.05) is 31.9 Å². The monoisotopic (exact) mass is 164 g/mol. The molecule has 0 saturated heterocycles. The van der Waals surface area contributed by atoms with Crippen LogP contribution in [0.2, 0.25) is 0 Å². The van der Waals surface area contributed by atoms with E-state index in [0.717, 1.165) is 0 Å². The van der Waals surface area contributed by atoms with Crippen LogP contribution in [0.25, 0.3) is 0 Å². The van der Waals surface area contributed by atoms with Gasteiger partial charge in [-0.25, -0.2) is 0 Å². The van der Waals surface area contributed by atoms with Crippen molar-refractivity contribution < 1.29 is 4.48 Å². The van der Waals surface area contributed by atoms with Crippen molar-refractivity contribution in [3.05, 3.63) is 24.5 Å². The first-order valence-electron chi connectivity index (χ1n) is 3.83. The Bertz CT molecular complexity index is 235. The molecule has 0 spiro atoms. The van der Waals surface area contributed by atoms with Gasteiger partial charge in [-0.3, -0.25) is 0 Å². The number of nitrogens with one attached hydrogen (secondary N) is 1. The van der Waals surface area contributed by atoms with Crippen LogP contribution in [0.3, 0.4) is 0 Å². The molecule has 1 heterocycles. The average Bonchev–Trinajstić information content (AvgIpc) is 2.06. The molecule has 3 nitrogen and oxygen atoms in total. The largest absolute Gasteiger partial charge is 0.619 e. The van der Waals surface area contributed by atoms with Gasteiger partial charge in [0.2, 0.25) is 0 Å². The maximum Gasteiger partial charge on any atom is 0.285 e. The summed E-state index contributed by atoms with van der Waals surface area (Å²) in [6.45, 7) is 0. The molecule has 1 N–H and O–H groups in total. The van der Waals surface area contributed by atoms with Gasteiger partial charge in [0.15, 0.2) is 0 Å². The highest BCUT2D eigenvalue weighted by atomic mass is 15.1. The summed E-state index contributed by atoms with van der Waals surface area (Å²) in [6.07, 6.45) is 4.31. The van der Waals surface area contributed by atoms with Crippen molar-refractivity contribution in [3.63, 3.8) is 0 Å². The zero-order valence-corrected chi connectivity index (χ0v) is 7.20. The molecule has 0 saturated carbocycles. The Balaban J connectivity index is 2.71. The molecule has 0 amide bonds. The van der Waals surface area contributed by atoms with Gasteiger partial charge in [-0.05, 0) is 7.98 Å². The second-order valence-electron chi connectivity index (χ2n) is 2.84. The molecule has 0 bridgehead atoms. The van der Waals surface area contributed by atoms with Crippen molar-refractivity contribution in [3.8, 4) is 0 Å². The van der Waals surface area contributed by atoms with Gasteiger partial charge in [-0.2, -0.15) is 0 Å². The molecule has 0 fully saturated rings. The van der Waals surface area contributed by atoms with Crippen LogP contribution >= 0.6 is 0 Å². The quantitative estimate of drug-likeness (QED) is 0.509. The first-order chi connectivity index (χ1) is 5.74. The maximum atomic E-state index is 3.46. The Morgan fingerprint density at radius 1 is 1.42 bits per heavy atom. The summed E-state index contributed by atoms with van der Waals surface area (Å²) in [5, 5.41) is 3.46. The highest BCUT2D eigenvalue weighted by Crippen LogP contribution is 2.05. The molecule has 5 heteroatoms. The predicted molar refractivity (Wildman–Crippen MR) is 58.0 cm³/mol. The first kappa shape index (κ1) is 9.13. The van der Waals surface area contributed by atoms with Crippen molar-refractivity contribution in [2.75, 3.05) is 19.0 Å². The fourth-order valence-electron chi connectivity index (χ4n) is 0.940. The average molecular weight is 164 g/mol. The van der Waals surface area contributed by atoms with E-state index < -0.39 is 0 Å². The molecule has 0 unspecified atom stereocenters. The van der Waals surface area contributed by atoms with E-state index >= 15 is 0 Å². The number of nitrogens with zero attached hydrogens (tertiary/aromatic N) is 2. The summed E-state index contributed by atoms with van der Waals surface area (Å²) in [5.41, 5.74) is 1.26. The molecule has 1 aromatic heterocycles. The third kappa shape index (κ3) is 2.27. The van der Waals surface area contributed by atoms with Crippen molar-refractivity contribution in [2.24, 2.45) is 0 Å². The number of aromatic nitrogens is 1. The molecule has 0 aliphatic heterocycles. The number of hydrogen-bond donors (Lipinski definition) is 1. The summed E-state index contributed by atoms with van der Waals surface area (Å²) < 4.78 is 2.28. The van der Waals surface area contributed by atoms with Gasteiger partial charge in [0.25, 0.3) is 7.55 Å². The summed E-state index contributed by atoms with van der Waals surface area (Å²) in [5.74, 6) is 0. The second-order valence-corrected chi connectivity index (χ2v) is 2.84. The summed E-state index contributed by atoms with van der Waals surface area (Å²) in [4.78, 5) is 2.12. The van der Waals surface area contributed by atoms with Gasteiger partial charge in [0.1, 0.15) is 12.4 Å². The number of hydrogen-bond acceptors (Lipinski definition) is 2. The Kier molecular flexibility index (Phi) is 3.17. The minimum absolute atomic E-state index is 0.0675. The number of rotatable bonds is 3. The van der Waals surface area contributed by atoms with Crippen LogP contribution in [0.4, 0.5) is 5.69 Å². The Labute approximate surface area is 75.1 Å². The number of anilines is 1. The van der Waals surface area contributed by atoms with Gasteiger partial charge in [-0.15, -0.1) is 0 Å². The highest BCUT2D eigenvalue weighted by molar-refractivity contribution is 6.34.